The SMILES string of the molecule is Cc1ccc(Sc2ccc([C@@H]3[C@H](c4ccccn4)NC(=S)N3CCC(=O)Nc3ccccc3F)o2)cc1. The van der Waals surface area contributed by atoms with Gasteiger partial charge in [-0.15, -0.1) is 0 Å². The van der Waals surface area contributed by atoms with Crippen LogP contribution in [0.25, 0.3) is 0 Å². The van der Waals surface area contributed by atoms with Crippen molar-refractivity contribution in [1.29, 1.82) is 0 Å². The number of carbonyl (C=O) groups is 1. The van der Waals surface area contributed by atoms with Crippen LogP contribution in [0, 0.1) is 12.7 Å². The van der Waals surface area contributed by atoms with Gasteiger partial charge < -0.3 is 20.0 Å². The lowest BCUT2D eigenvalue weighted by molar-refractivity contribution is -0.116. The highest BCUT2D eigenvalue weighted by Crippen LogP contribution is 2.41. The Morgan fingerprint density at radius 1 is 1.11 bits per heavy atom. The lowest BCUT2D eigenvalue weighted by Crippen LogP contribution is -2.32. The fourth-order valence-corrected chi connectivity index (χ4v) is 5.33. The van der Waals surface area contributed by atoms with E-state index in [1.54, 1.807) is 30.1 Å². The molecule has 4 aromatic rings. The van der Waals surface area contributed by atoms with Gasteiger partial charge in [0, 0.05) is 24.1 Å². The number of amides is 1. The summed E-state index contributed by atoms with van der Waals surface area (Å²) < 4.78 is 20.3. The number of hydrogen-bond donors (Lipinski definition) is 2. The predicted molar refractivity (Wildman–Crippen MR) is 146 cm³/mol. The smallest absolute Gasteiger partial charge is 0.226 e. The molecule has 37 heavy (non-hydrogen) atoms. The van der Waals surface area contributed by atoms with Crippen molar-refractivity contribution in [2.45, 2.75) is 35.4 Å². The van der Waals surface area contributed by atoms with Gasteiger partial charge in [-0.2, -0.15) is 0 Å². The number of carbonyl (C=O) groups excluding carboxylic acids is 1. The van der Waals surface area contributed by atoms with Crippen molar-refractivity contribution in [3.05, 3.63) is 108 Å². The minimum Gasteiger partial charge on any atom is -0.452 e. The predicted octanol–water partition coefficient (Wildman–Crippen LogP) is 6.27. The van der Waals surface area contributed by atoms with Gasteiger partial charge in [0.2, 0.25) is 5.91 Å². The molecule has 1 amide bonds. The summed E-state index contributed by atoms with van der Waals surface area (Å²) in [6.07, 6.45) is 1.86. The first kappa shape index (κ1) is 25.0. The Morgan fingerprint density at radius 2 is 1.89 bits per heavy atom. The maximum atomic E-state index is 14.0. The van der Waals surface area contributed by atoms with Crippen LogP contribution in [0.1, 0.15) is 35.5 Å². The van der Waals surface area contributed by atoms with E-state index in [4.69, 9.17) is 16.6 Å². The molecule has 5 rings (SSSR count). The van der Waals surface area contributed by atoms with E-state index >= 15 is 0 Å². The number of pyridine rings is 1. The van der Waals surface area contributed by atoms with Gasteiger partial charge in [-0.1, -0.05) is 47.7 Å². The second-order valence-corrected chi connectivity index (χ2v) is 10.1. The zero-order chi connectivity index (χ0) is 25.8. The molecule has 0 bridgehead atoms. The van der Waals surface area contributed by atoms with Crippen molar-refractivity contribution < 1.29 is 13.6 Å². The van der Waals surface area contributed by atoms with Gasteiger partial charge >= 0.3 is 0 Å². The van der Waals surface area contributed by atoms with E-state index in [-0.39, 0.29) is 30.1 Å². The van der Waals surface area contributed by atoms with Crippen molar-refractivity contribution in [3.8, 4) is 0 Å². The van der Waals surface area contributed by atoms with Gasteiger partial charge in [-0.05, 0) is 67.7 Å². The highest BCUT2D eigenvalue weighted by Gasteiger charge is 2.41. The number of halogens is 1. The van der Waals surface area contributed by atoms with Crippen molar-refractivity contribution in [3.63, 3.8) is 0 Å². The molecule has 0 radical (unpaired) electrons. The van der Waals surface area contributed by atoms with Crippen LogP contribution in [-0.2, 0) is 4.79 Å². The van der Waals surface area contributed by atoms with E-state index in [1.165, 1.54) is 17.7 Å². The van der Waals surface area contributed by atoms with Crippen LogP contribution in [-0.4, -0.2) is 27.4 Å². The minimum atomic E-state index is -0.475. The molecule has 3 heterocycles. The summed E-state index contributed by atoms with van der Waals surface area (Å²) in [5.74, 6) is -0.0633. The van der Waals surface area contributed by atoms with Crippen LogP contribution in [0.4, 0.5) is 10.1 Å². The van der Waals surface area contributed by atoms with E-state index in [1.807, 2.05) is 35.2 Å². The molecular weight excluding hydrogens is 507 g/mol. The molecule has 1 saturated heterocycles. The van der Waals surface area contributed by atoms with E-state index < -0.39 is 5.82 Å². The highest BCUT2D eigenvalue weighted by molar-refractivity contribution is 7.99. The van der Waals surface area contributed by atoms with Gasteiger partial charge in [0.15, 0.2) is 10.2 Å². The van der Waals surface area contributed by atoms with Crippen LogP contribution in [0.5, 0.6) is 0 Å². The van der Waals surface area contributed by atoms with E-state index in [9.17, 15) is 9.18 Å². The average Bonchev–Trinajstić information content (AvgIpc) is 3.49. The van der Waals surface area contributed by atoms with Gasteiger partial charge in [-0.3, -0.25) is 9.78 Å². The van der Waals surface area contributed by atoms with Crippen LogP contribution < -0.4 is 10.6 Å². The Labute approximate surface area is 224 Å². The Bertz CT molecular complexity index is 1390. The molecule has 2 atom stereocenters. The molecule has 0 unspecified atom stereocenters. The summed E-state index contributed by atoms with van der Waals surface area (Å²) in [6, 6.07) is 23.4. The first-order chi connectivity index (χ1) is 18.0. The van der Waals surface area contributed by atoms with Crippen molar-refractivity contribution >= 4 is 40.7 Å². The first-order valence-corrected chi connectivity index (χ1v) is 13.1. The number of nitrogens with one attached hydrogen (secondary N) is 2. The normalized spacial score (nSPS) is 17.0. The van der Waals surface area contributed by atoms with Crippen LogP contribution in [0.2, 0.25) is 0 Å². The molecular formula is C28H25FN4O2S2. The standard InChI is InChI=1S/C28H25FN4O2S2/c1-18-9-11-19(12-10-18)37-25-14-13-23(35-25)27-26(22-8-4-5-16-30-22)32-28(36)33(27)17-15-24(34)31-21-7-3-2-6-20(21)29/h2-14,16,26-27H,15,17H2,1H3,(H,31,34)(H,32,36)/t26-,27+/m0/s1. The van der Waals surface area contributed by atoms with Crippen LogP contribution in [0.3, 0.4) is 0 Å². The number of para-hydroxylation sites is 1. The van der Waals surface area contributed by atoms with Gasteiger partial charge in [0.1, 0.15) is 17.6 Å². The van der Waals surface area contributed by atoms with Crippen molar-refractivity contribution in [2.75, 3.05) is 11.9 Å². The summed E-state index contributed by atoms with van der Waals surface area (Å²) in [6.45, 7) is 2.37. The van der Waals surface area contributed by atoms with Crippen LogP contribution >= 0.6 is 24.0 Å². The minimum absolute atomic E-state index is 0.118. The Balaban J connectivity index is 1.36. The molecule has 2 N–H and O–H groups in total. The number of furan rings is 1. The first-order valence-electron chi connectivity index (χ1n) is 11.8. The largest absolute Gasteiger partial charge is 0.452 e. The summed E-state index contributed by atoms with van der Waals surface area (Å²) in [7, 11) is 0. The number of nitrogens with zero attached hydrogens (tertiary/aromatic N) is 2. The molecule has 188 valence electrons. The van der Waals surface area contributed by atoms with E-state index in [0.29, 0.717) is 17.4 Å². The third-order valence-electron chi connectivity index (χ3n) is 6.06. The fraction of sp³-hybridized carbons (Fsp3) is 0.179. The van der Waals surface area contributed by atoms with Gasteiger partial charge in [0.05, 0.1) is 17.4 Å². The molecule has 0 saturated carbocycles. The zero-order valence-corrected chi connectivity index (χ0v) is 21.7. The zero-order valence-electron chi connectivity index (χ0n) is 20.1. The lowest BCUT2D eigenvalue weighted by Gasteiger charge is -2.25. The molecule has 6 nitrogen and oxygen atoms in total. The average molecular weight is 533 g/mol. The summed E-state index contributed by atoms with van der Waals surface area (Å²) in [4.78, 5) is 20.2. The second kappa shape index (κ2) is 11.1. The number of benzene rings is 2. The number of aromatic nitrogens is 1. The number of hydrogen-bond acceptors (Lipinski definition) is 5. The molecule has 0 aliphatic carbocycles. The second-order valence-electron chi connectivity index (χ2n) is 8.67. The molecule has 1 aliphatic rings. The quantitative estimate of drug-likeness (QED) is 0.259. The Hall–Kier alpha value is -3.69. The third kappa shape index (κ3) is 5.84. The maximum absolute atomic E-state index is 14.0. The van der Waals surface area contributed by atoms with E-state index in [0.717, 1.165) is 15.7 Å². The molecule has 1 aliphatic heterocycles. The summed E-state index contributed by atoms with van der Waals surface area (Å²) >= 11 is 7.21. The van der Waals surface area contributed by atoms with Crippen molar-refractivity contribution in [1.82, 2.24) is 15.2 Å². The molecule has 9 heteroatoms. The molecule has 2 aromatic carbocycles. The monoisotopic (exact) mass is 532 g/mol. The lowest BCUT2D eigenvalue weighted by atomic mass is 10.0. The van der Waals surface area contributed by atoms with Crippen molar-refractivity contribution in [2.24, 2.45) is 0 Å². The Morgan fingerprint density at radius 3 is 2.65 bits per heavy atom. The third-order valence-corrected chi connectivity index (χ3v) is 7.34. The maximum Gasteiger partial charge on any atom is 0.226 e. The number of rotatable bonds is 8. The molecule has 1 fully saturated rings. The molecule has 2 aromatic heterocycles. The van der Waals surface area contributed by atoms with Crippen LogP contribution in [0.15, 0.2) is 99.5 Å². The summed E-state index contributed by atoms with van der Waals surface area (Å²) in [5.41, 5.74) is 2.17. The topological polar surface area (TPSA) is 70.4 Å². The van der Waals surface area contributed by atoms with E-state index in [2.05, 4.69) is 46.8 Å². The fourth-order valence-electron chi connectivity index (χ4n) is 4.22. The Kier molecular flexibility index (Phi) is 7.52. The number of anilines is 1. The molecule has 0 spiro atoms. The highest BCUT2D eigenvalue weighted by atomic mass is 32.2. The number of aryl methyl sites for hydroxylation is 1. The van der Waals surface area contributed by atoms with Gasteiger partial charge in [-0.25, -0.2) is 4.39 Å². The number of thiocarbonyl (C=S) groups is 1. The van der Waals surface area contributed by atoms with Gasteiger partial charge in [0.25, 0.3) is 0 Å². The summed E-state index contributed by atoms with van der Waals surface area (Å²) in [5, 5.41) is 7.25.